The molecule has 0 spiro atoms. The van der Waals surface area contributed by atoms with Crippen LogP contribution in [0.1, 0.15) is 5.56 Å². The molecule has 0 saturated heterocycles. The number of rotatable bonds is 3. The molecule has 0 radical (unpaired) electrons. The SMILES string of the molecule is COc1ccc(O)c(C=NNC(=O)C(N)=O)c1. The Kier molecular flexibility index (Phi) is 4.04. The highest BCUT2D eigenvalue weighted by atomic mass is 16.5. The number of nitrogens with zero attached hydrogens (tertiary/aromatic N) is 1. The first-order valence-electron chi connectivity index (χ1n) is 4.54. The molecule has 1 aromatic rings. The molecule has 7 heteroatoms. The van der Waals surface area contributed by atoms with E-state index in [0.29, 0.717) is 11.3 Å². The van der Waals surface area contributed by atoms with Crippen LogP contribution in [0.3, 0.4) is 0 Å². The number of methoxy groups -OCH3 is 1. The molecular weight excluding hydrogens is 226 g/mol. The Morgan fingerprint density at radius 1 is 1.53 bits per heavy atom. The van der Waals surface area contributed by atoms with E-state index in [0.717, 1.165) is 0 Å². The van der Waals surface area contributed by atoms with Gasteiger partial charge in [-0.05, 0) is 18.2 Å². The Hall–Kier alpha value is -2.57. The van der Waals surface area contributed by atoms with Crippen LogP contribution in [0.4, 0.5) is 0 Å². The second kappa shape index (κ2) is 5.50. The first-order valence-corrected chi connectivity index (χ1v) is 4.54. The number of phenols is 1. The van der Waals surface area contributed by atoms with Gasteiger partial charge in [0, 0.05) is 5.56 Å². The Morgan fingerprint density at radius 2 is 2.24 bits per heavy atom. The lowest BCUT2D eigenvalue weighted by Crippen LogP contribution is -2.32. The molecule has 0 atom stereocenters. The molecule has 0 unspecified atom stereocenters. The van der Waals surface area contributed by atoms with Crippen LogP contribution >= 0.6 is 0 Å². The van der Waals surface area contributed by atoms with E-state index in [-0.39, 0.29) is 5.75 Å². The lowest BCUT2D eigenvalue weighted by atomic mass is 10.2. The van der Waals surface area contributed by atoms with Gasteiger partial charge in [-0.25, -0.2) is 5.43 Å². The molecule has 90 valence electrons. The van der Waals surface area contributed by atoms with Crippen LogP contribution in [0, 0.1) is 0 Å². The first kappa shape index (κ1) is 12.5. The first-order chi connectivity index (χ1) is 8.04. The molecule has 0 aromatic heterocycles. The number of carbonyl (C=O) groups is 2. The molecule has 0 saturated carbocycles. The summed E-state index contributed by atoms with van der Waals surface area (Å²) in [7, 11) is 1.47. The highest BCUT2D eigenvalue weighted by Crippen LogP contribution is 2.20. The highest BCUT2D eigenvalue weighted by Gasteiger charge is 2.06. The number of benzene rings is 1. The zero-order chi connectivity index (χ0) is 12.8. The van der Waals surface area contributed by atoms with E-state index in [9.17, 15) is 14.7 Å². The lowest BCUT2D eigenvalue weighted by molar-refractivity contribution is -0.137. The number of nitrogens with two attached hydrogens (primary N) is 1. The fraction of sp³-hybridized carbons (Fsp3) is 0.100. The highest BCUT2D eigenvalue weighted by molar-refractivity contribution is 6.34. The third kappa shape index (κ3) is 3.49. The fourth-order valence-corrected chi connectivity index (χ4v) is 0.979. The van der Waals surface area contributed by atoms with Gasteiger partial charge in [0.1, 0.15) is 11.5 Å². The van der Waals surface area contributed by atoms with Gasteiger partial charge in [-0.15, -0.1) is 0 Å². The van der Waals surface area contributed by atoms with Gasteiger partial charge >= 0.3 is 11.8 Å². The van der Waals surface area contributed by atoms with Gasteiger partial charge in [0.25, 0.3) is 0 Å². The third-order valence-corrected chi connectivity index (χ3v) is 1.83. The predicted octanol–water partition coefficient (Wildman–Crippen LogP) is -0.664. The quantitative estimate of drug-likeness (QED) is 0.367. The molecule has 0 fully saturated rings. The summed E-state index contributed by atoms with van der Waals surface area (Å²) >= 11 is 0. The Labute approximate surface area is 96.9 Å². The van der Waals surface area contributed by atoms with Crippen molar-refractivity contribution in [3.8, 4) is 11.5 Å². The number of nitrogens with one attached hydrogen (secondary N) is 1. The van der Waals surface area contributed by atoms with Crippen molar-refractivity contribution in [2.75, 3.05) is 7.11 Å². The molecule has 2 amide bonds. The van der Waals surface area contributed by atoms with E-state index in [1.165, 1.54) is 25.5 Å². The predicted molar refractivity (Wildman–Crippen MR) is 59.6 cm³/mol. The van der Waals surface area contributed by atoms with Gasteiger partial charge in [-0.1, -0.05) is 0 Å². The van der Waals surface area contributed by atoms with Crippen molar-refractivity contribution in [1.82, 2.24) is 5.43 Å². The average Bonchev–Trinajstić information content (AvgIpc) is 2.31. The zero-order valence-corrected chi connectivity index (χ0v) is 9.01. The molecule has 17 heavy (non-hydrogen) atoms. The number of hydrazone groups is 1. The maximum atomic E-state index is 10.8. The Bertz CT molecular complexity index is 471. The van der Waals surface area contributed by atoms with Gasteiger partial charge < -0.3 is 15.6 Å². The maximum Gasteiger partial charge on any atom is 0.329 e. The molecule has 1 rings (SSSR count). The van der Waals surface area contributed by atoms with Crippen molar-refractivity contribution in [3.63, 3.8) is 0 Å². The monoisotopic (exact) mass is 237 g/mol. The van der Waals surface area contributed by atoms with Gasteiger partial charge in [0.2, 0.25) is 0 Å². The van der Waals surface area contributed by atoms with E-state index in [1.807, 2.05) is 5.43 Å². The lowest BCUT2D eigenvalue weighted by Gasteiger charge is -2.02. The van der Waals surface area contributed by atoms with Crippen LogP contribution in [-0.4, -0.2) is 30.2 Å². The number of hydrogen-bond donors (Lipinski definition) is 3. The maximum absolute atomic E-state index is 10.8. The number of amides is 2. The summed E-state index contributed by atoms with van der Waals surface area (Å²) in [6, 6.07) is 4.49. The summed E-state index contributed by atoms with van der Waals surface area (Å²) in [5, 5.41) is 12.9. The van der Waals surface area contributed by atoms with E-state index < -0.39 is 11.8 Å². The second-order valence-corrected chi connectivity index (χ2v) is 2.99. The number of primary amides is 1. The van der Waals surface area contributed by atoms with Crippen molar-refractivity contribution < 1.29 is 19.4 Å². The van der Waals surface area contributed by atoms with Gasteiger partial charge in [0.05, 0.1) is 13.3 Å². The summed E-state index contributed by atoms with van der Waals surface area (Å²) in [6.45, 7) is 0. The number of ether oxygens (including phenoxy) is 1. The molecule has 0 aliphatic heterocycles. The molecule has 0 aliphatic rings. The Balaban J connectivity index is 2.77. The standard InChI is InChI=1S/C10H11N3O4/c1-17-7-2-3-8(14)6(4-7)5-12-13-10(16)9(11)15/h2-5,14H,1H3,(H2,11,15)(H,13,16). The summed E-state index contributed by atoms with van der Waals surface area (Å²) < 4.78 is 4.94. The van der Waals surface area contributed by atoms with Crippen LogP contribution in [-0.2, 0) is 9.59 Å². The van der Waals surface area contributed by atoms with Crippen LogP contribution in [0.25, 0.3) is 0 Å². The third-order valence-electron chi connectivity index (χ3n) is 1.83. The van der Waals surface area contributed by atoms with Crippen molar-refractivity contribution in [3.05, 3.63) is 23.8 Å². The summed E-state index contributed by atoms with van der Waals surface area (Å²) in [5.74, 6) is -1.70. The largest absolute Gasteiger partial charge is 0.507 e. The second-order valence-electron chi connectivity index (χ2n) is 2.99. The van der Waals surface area contributed by atoms with Gasteiger partial charge in [0.15, 0.2) is 0 Å². The van der Waals surface area contributed by atoms with Crippen molar-refractivity contribution >= 4 is 18.0 Å². The number of carbonyl (C=O) groups excluding carboxylic acids is 2. The number of phenolic OH excluding ortho intramolecular Hbond substituents is 1. The van der Waals surface area contributed by atoms with Crippen LogP contribution in [0.5, 0.6) is 11.5 Å². The molecule has 7 nitrogen and oxygen atoms in total. The smallest absolute Gasteiger partial charge is 0.329 e. The minimum absolute atomic E-state index is 0.0390. The minimum Gasteiger partial charge on any atom is -0.507 e. The van der Waals surface area contributed by atoms with Gasteiger partial charge in [-0.2, -0.15) is 5.10 Å². The number of hydrogen-bond acceptors (Lipinski definition) is 5. The fourth-order valence-electron chi connectivity index (χ4n) is 0.979. The van der Waals surface area contributed by atoms with Crippen LogP contribution < -0.4 is 15.9 Å². The zero-order valence-electron chi connectivity index (χ0n) is 9.01. The number of aromatic hydroxyl groups is 1. The van der Waals surface area contributed by atoms with E-state index in [2.05, 4.69) is 5.10 Å². The minimum atomic E-state index is -1.14. The van der Waals surface area contributed by atoms with E-state index >= 15 is 0 Å². The summed E-state index contributed by atoms with van der Waals surface area (Å²) in [5.41, 5.74) is 6.92. The van der Waals surface area contributed by atoms with Crippen molar-refractivity contribution in [2.24, 2.45) is 10.8 Å². The summed E-state index contributed by atoms with van der Waals surface area (Å²) in [6.07, 6.45) is 1.17. The van der Waals surface area contributed by atoms with Gasteiger partial charge in [-0.3, -0.25) is 9.59 Å². The van der Waals surface area contributed by atoms with E-state index in [4.69, 9.17) is 10.5 Å². The molecule has 0 bridgehead atoms. The average molecular weight is 237 g/mol. The van der Waals surface area contributed by atoms with Crippen molar-refractivity contribution in [1.29, 1.82) is 0 Å². The molecule has 1 aromatic carbocycles. The molecule has 0 aliphatic carbocycles. The van der Waals surface area contributed by atoms with Crippen LogP contribution in [0.2, 0.25) is 0 Å². The van der Waals surface area contributed by atoms with Crippen molar-refractivity contribution in [2.45, 2.75) is 0 Å². The molecular formula is C10H11N3O4. The van der Waals surface area contributed by atoms with E-state index in [1.54, 1.807) is 6.07 Å². The molecule has 0 heterocycles. The normalized spacial score (nSPS) is 10.2. The Morgan fingerprint density at radius 3 is 2.82 bits per heavy atom. The topological polar surface area (TPSA) is 114 Å². The summed E-state index contributed by atoms with van der Waals surface area (Å²) in [4.78, 5) is 21.1. The molecule has 4 N–H and O–H groups in total. The van der Waals surface area contributed by atoms with Crippen LogP contribution in [0.15, 0.2) is 23.3 Å².